The van der Waals surface area contributed by atoms with Crippen LogP contribution in [0.4, 0.5) is 10.1 Å². The highest BCUT2D eigenvalue weighted by Crippen LogP contribution is 2.29. The number of carbonyl (C=O) groups is 1. The maximum Gasteiger partial charge on any atom is 0.259 e. The Morgan fingerprint density at radius 3 is 2.63 bits per heavy atom. The normalized spacial score (nSPS) is 10.2. The number of halogens is 2. The van der Waals surface area contributed by atoms with Gasteiger partial charge in [-0.05, 0) is 30.3 Å². The summed E-state index contributed by atoms with van der Waals surface area (Å²) in [5.41, 5.74) is 0.0741. The molecule has 0 saturated carbocycles. The van der Waals surface area contributed by atoms with Gasteiger partial charge in [-0.2, -0.15) is 0 Å². The summed E-state index contributed by atoms with van der Waals surface area (Å²) in [5.74, 6) is -2.28. The van der Waals surface area contributed by atoms with Crippen molar-refractivity contribution in [2.45, 2.75) is 0 Å². The Morgan fingerprint density at radius 2 is 1.95 bits per heavy atom. The SMILES string of the molecule is O=C(Nc1ccc(Cl)c(F)c1)c1cccc(O)c1O. The fourth-order valence-corrected chi connectivity index (χ4v) is 1.60. The first-order chi connectivity index (χ1) is 8.99. The number of anilines is 1. The molecule has 19 heavy (non-hydrogen) atoms. The summed E-state index contributed by atoms with van der Waals surface area (Å²) in [6.45, 7) is 0. The van der Waals surface area contributed by atoms with Crippen molar-refractivity contribution in [1.82, 2.24) is 0 Å². The van der Waals surface area contributed by atoms with Crippen LogP contribution in [0.1, 0.15) is 10.4 Å². The number of benzene rings is 2. The lowest BCUT2D eigenvalue weighted by Gasteiger charge is -2.08. The molecule has 0 aliphatic carbocycles. The van der Waals surface area contributed by atoms with Crippen LogP contribution in [0.5, 0.6) is 11.5 Å². The average molecular weight is 282 g/mol. The molecule has 0 atom stereocenters. The third-order valence-electron chi connectivity index (χ3n) is 2.44. The number of aromatic hydroxyl groups is 2. The highest BCUT2D eigenvalue weighted by Gasteiger charge is 2.14. The largest absolute Gasteiger partial charge is 0.504 e. The second-order valence-corrected chi connectivity index (χ2v) is 4.16. The molecule has 0 radical (unpaired) electrons. The van der Waals surface area contributed by atoms with E-state index in [1.165, 1.54) is 30.3 Å². The molecular formula is C13H9ClFNO3. The number of phenols is 2. The van der Waals surface area contributed by atoms with Gasteiger partial charge in [-0.15, -0.1) is 0 Å². The zero-order chi connectivity index (χ0) is 14.0. The number of nitrogens with one attached hydrogen (secondary N) is 1. The van der Waals surface area contributed by atoms with Crippen LogP contribution in [0.15, 0.2) is 36.4 Å². The Hall–Kier alpha value is -2.27. The number of amides is 1. The molecule has 6 heteroatoms. The van der Waals surface area contributed by atoms with Gasteiger partial charge in [-0.25, -0.2) is 4.39 Å². The average Bonchev–Trinajstić information content (AvgIpc) is 2.37. The lowest BCUT2D eigenvalue weighted by molar-refractivity contribution is 0.102. The molecule has 2 aromatic carbocycles. The quantitative estimate of drug-likeness (QED) is 0.741. The highest BCUT2D eigenvalue weighted by molar-refractivity contribution is 6.30. The van der Waals surface area contributed by atoms with Crippen LogP contribution in [0.25, 0.3) is 0 Å². The number of para-hydroxylation sites is 1. The molecule has 0 spiro atoms. The monoisotopic (exact) mass is 281 g/mol. The van der Waals surface area contributed by atoms with E-state index in [0.29, 0.717) is 0 Å². The minimum absolute atomic E-state index is 0.0572. The van der Waals surface area contributed by atoms with Crippen molar-refractivity contribution >= 4 is 23.2 Å². The van der Waals surface area contributed by atoms with Crippen molar-refractivity contribution in [3.8, 4) is 11.5 Å². The fraction of sp³-hybridized carbons (Fsp3) is 0. The molecule has 0 fully saturated rings. The van der Waals surface area contributed by atoms with Gasteiger partial charge >= 0.3 is 0 Å². The zero-order valence-electron chi connectivity index (χ0n) is 9.52. The second-order valence-electron chi connectivity index (χ2n) is 3.76. The molecule has 0 saturated heterocycles. The van der Waals surface area contributed by atoms with Crippen LogP contribution in [0.2, 0.25) is 5.02 Å². The lowest BCUT2D eigenvalue weighted by atomic mass is 10.1. The summed E-state index contributed by atoms with van der Waals surface area (Å²) in [5, 5.41) is 21.2. The Bertz CT molecular complexity index is 646. The number of phenolic OH excluding ortho intramolecular Hbond substituents is 2. The minimum Gasteiger partial charge on any atom is -0.504 e. The number of rotatable bonds is 2. The summed E-state index contributed by atoms with van der Waals surface area (Å²) in [6.07, 6.45) is 0. The molecule has 3 N–H and O–H groups in total. The van der Waals surface area contributed by atoms with Crippen LogP contribution in [0.3, 0.4) is 0 Å². The van der Waals surface area contributed by atoms with Crippen LogP contribution < -0.4 is 5.32 Å². The smallest absolute Gasteiger partial charge is 0.259 e. The second kappa shape index (κ2) is 5.16. The minimum atomic E-state index is -0.671. The van der Waals surface area contributed by atoms with E-state index in [1.807, 2.05) is 0 Å². The van der Waals surface area contributed by atoms with Gasteiger partial charge in [0, 0.05) is 5.69 Å². The Morgan fingerprint density at radius 1 is 1.21 bits per heavy atom. The number of carbonyl (C=O) groups excluding carboxylic acids is 1. The van der Waals surface area contributed by atoms with Gasteiger partial charge in [0.15, 0.2) is 11.5 Å². The fourth-order valence-electron chi connectivity index (χ4n) is 1.49. The lowest BCUT2D eigenvalue weighted by Crippen LogP contribution is -2.12. The van der Waals surface area contributed by atoms with Crippen LogP contribution in [-0.2, 0) is 0 Å². The van der Waals surface area contributed by atoms with Gasteiger partial charge in [0.05, 0.1) is 10.6 Å². The van der Waals surface area contributed by atoms with E-state index in [1.54, 1.807) is 0 Å². The van der Waals surface area contributed by atoms with E-state index in [4.69, 9.17) is 11.6 Å². The van der Waals surface area contributed by atoms with Gasteiger partial charge < -0.3 is 15.5 Å². The molecule has 0 bridgehead atoms. The maximum atomic E-state index is 13.2. The van der Waals surface area contributed by atoms with E-state index < -0.39 is 23.2 Å². The van der Waals surface area contributed by atoms with Gasteiger partial charge in [-0.1, -0.05) is 17.7 Å². The van der Waals surface area contributed by atoms with Crippen molar-refractivity contribution in [1.29, 1.82) is 0 Å². The van der Waals surface area contributed by atoms with Crippen molar-refractivity contribution in [2.24, 2.45) is 0 Å². The standard InChI is InChI=1S/C13H9ClFNO3/c14-9-5-4-7(6-10(9)15)16-13(19)8-2-1-3-11(17)12(8)18/h1-6,17-18H,(H,16,19). The third kappa shape index (κ3) is 2.77. The third-order valence-corrected chi connectivity index (χ3v) is 2.74. The van der Waals surface area contributed by atoms with Crippen molar-refractivity contribution in [3.63, 3.8) is 0 Å². The molecule has 0 aromatic heterocycles. The topological polar surface area (TPSA) is 69.6 Å². The Balaban J connectivity index is 2.26. The van der Waals surface area contributed by atoms with Crippen LogP contribution >= 0.6 is 11.6 Å². The van der Waals surface area contributed by atoms with Crippen molar-refractivity contribution < 1.29 is 19.4 Å². The van der Waals surface area contributed by atoms with E-state index in [-0.39, 0.29) is 16.3 Å². The molecule has 4 nitrogen and oxygen atoms in total. The Kier molecular flexibility index (Phi) is 3.57. The summed E-state index contributed by atoms with van der Waals surface area (Å²) >= 11 is 5.52. The van der Waals surface area contributed by atoms with Crippen LogP contribution in [-0.4, -0.2) is 16.1 Å². The van der Waals surface area contributed by atoms with E-state index in [0.717, 1.165) is 6.07 Å². The summed E-state index contributed by atoms with van der Waals surface area (Å²) in [4.78, 5) is 11.8. The summed E-state index contributed by atoms with van der Waals surface area (Å²) < 4.78 is 13.2. The molecule has 0 unspecified atom stereocenters. The zero-order valence-corrected chi connectivity index (χ0v) is 10.3. The molecule has 0 heterocycles. The number of hydrogen-bond acceptors (Lipinski definition) is 3. The molecular weight excluding hydrogens is 273 g/mol. The summed E-state index contributed by atoms with van der Waals surface area (Å²) in [7, 11) is 0. The van der Waals surface area contributed by atoms with Gasteiger partial charge in [0.2, 0.25) is 0 Å². The summed E-state index contributed by atoms with van der Waals surface area (Å²) in [6, 6.07) is 7.76. The molecule has 0 aliphatic heterocycles. The molecule has 0 aliphatic rings. The van der Waals surface area contributed by atoms with E-state index in [2.05, 4.69) is 5.32 Å². The predicted molar refractivity (Wildman–Crippen MR) is 69.1 cm³/mol. The van der Waals surface area contributed by atoms with Crippen molar-refractivity contribution in [2.75, 3.05) is 5.32 Å². The number of hydrogen-bond donors (Lipinski definition) is 3. The van der Waals surface area contributed by atoms with Gasteiger partial charge in [0.1, 0.15) is 5.82 Å². The molecule has 98 valence electrons. The Labute approximate surface area is 113 Å². The van der Waals surface area contributed by atoms with Crippen LogP contribution in [0, 0.1) is 5.82 Å². The molecule has 2 aromatic rings. The molecule has 1 amide bonds. The predicted octanol–water partition coefficient (Wildman–Crippen LogP) is 3.14. The van der Waals surface area contributed by atoms with E-state index >= 15 is 0 Å². The van der Waals surface area contributed by atoms with Gasteiger partial charge in [-0.3, -0.25) is 4.79 Å². The maximum absolute atomic E-state index is 13.2. The van der Waals surface area contributed by atoms with Crippen molar-refractivity contribution in [3.05, 3.63) is 52.8 Å². The van der Waals surface area contributed by atoms with E-state index in [9.17, 15) is 19.4 Å². The first kappa shape index (κ1) is 13.2. The first-order valence-electron chi connectivity index (χ1n) is 5.26. The molecule has 2 rings (SSSR count). The van der Waals surface area contributed by atoms with Gasteiger partial charge in [0.25, 0.3) is 5.91 Å². The first-order valence-corrected chi connectivity index (χ1v) is 5.64. The highest BCUT2D eigenvalue weighted by atomic mass is 35.5.